The van der Waals surface area contributed by atoms with E-state index < -0.39 is 27.1 Å². The van der Waals surface area contributed by atoms with E-state index in [4.69, 9.17) is 10.8 Å². The van der Waals surface area contributed by atoms with Gasteiger partial charge in [0.1, 0.15) is 15.9 Å². The zero-order chi connectivity index (χ0) is 11.6. The molecule has 1 fully saturated rings. The number of aliphatic carboxylic acids is 1. The number of carboxylic acid groups (broad SMARTS) is 1. The zero-order valence-corrected chi connectivity index (χ0v) is 9.53. The van der Waals surface area contributed by atoms with Gasteiger partial charge in [-0.05, 0) is 25.2 Å². The second-order valence-corrected chi connectivity index (χ2v) is 6.57. The first-order valence-corrected chi connectivity index (χ1v) is 6.95. The Morgan fingerprint density at radius 2 is 2.07 bits per heavy atom. The Morgan fingerprint density at radius 3 is 2.53 bits per heavy atom. The number of sulfone groups is 1. The number of hydrogen-bond acceptors (Lipinski definition) is 4. The second-order valence-electron chi connectivity index (χ2n) is 4.24. The van der Waals surface area contributed by atoms with Gasteiger partial charge < -0.3 is 10.8 Å². The Kier molecular flexibility index (Phi) is 3.72. The minimum absolute atomic E-state index is 0.212. The van der Waals surface area contributed by atoms with Gasteiger partial charge in [-0.25, -0.2) is 8.42 Å². The maximum Gasteiger partial charge on any atom is 0.320 e. The van der Waals surface area contributed by atoms with Crippen LogP contribution in [0.4, 0.5) is 0 Å². The van der Waals surface area contributed by atoms with Gasteiger partial charge >= 0.3 is 5.97 Å². The number of nitrogens with two attached hydrogens (primary N) is 1. The van der Waals surface area contributed by atoms with E-state index >= 15 is 0 Å². The molecule has 6 heteroatoms. The molecule has 0 aromatic heterocycles. The highest BCUT2D eigenvalue weighted by Crippen LogP contribution is 2.30. The molecule has 0 aromatic carbocycles. The largest absolute Gasteiger partial charge is 0.480 e. The monoisotopic (exact) mass is 235 g/mol. The maximum atomic E-state index is 11.3. The van der Waals surface area contributed by atoms with Crippen LogP contribution >= 0.6 is 0 Å². The highest BCUT2D eigenvalue weighted by Gasteiger charge is 2.34. The molecule has 0 aromatic rings. The normalized spacial score (nSPS) is 29.7. The zero-order valence-electron chi connectivity index (χ0n) is 8.72. The summed E-state index contributed by atoms with van der Waals surface area (Å²) < 4.78 is 22.7. The lowest BCUT2D eigenvalue weighted by Crippen LogP contribution is -2.42. The molecular weight excluding hydrogens is 218 g/mol. The lowest BCUT2D eigenvalue weighted by atomic mass is 9.84. The van der Waals surface area contributed by atoms with Crippen LogP contribution in [0.5, 0.6) is 0 Å². The average Bonchev–Trinajstić information content (AvgIpc) is 2.15. The first kappa shape index (κ1) is 12.4. The second kappa shape index (κ2) is 4.49. The van der Waals surface area contributed by atoms with Crippen molar-refractivity contribution in [3.8, 4) is 0 Å². The van der Waals surface area contributed by atoms with E-state index in [0.29, 0.717) is 19.3 Å². The molecule has 0 heterocycles. The molecule has 0 radical (unpaired) electrons. The van der Waals surface area contributed by atoms with Gasteiger partial charge in [0.25, 0.3) is 0 Å². The fourth-order valence-electron chi connectivity index (χ4n) is 2.10. The standard InChI is InChI=1S/C9H17NO4S/c1-15(13,14)7-4-2-3-6(5-7)8(10)9(11)12/h6-8H,2-5,10H2,1H3,(H,11,12)/t6?,7?,8-/m0/s1. The molecule has 0 amide bonds. The van der Waals surface area contributed by atoms with Crippen molar-refractivity contribution >= 4 is 15.8 Å². The van der Waals surface area contributed by atoms with Crippen molar-refractivity contribution < 1.29 is 18.3 Å². The molecule has 0 aliphatic heterocycles. The quantitative estimate of drug-likeness (QED) is 0.717. The third-order valence-electron chi connectivity index (χ3n) is 3.07. The molecule has 1 aliphatic carbocycles. The molecule has 5 nitrogen and oxygen atoms in total. The molecule has 88 valence electrons. The average molecular weight is 235 g/mol. The van der Waals surface area contributed by atoms with Gasteiger partial charge in [0.2, 0.25) is 0 Å². The van der Waals surface area contributed by atoms with Crippen LogP contribution in [0.25, 0.3) is 0 Å². The topological polar surface area (TPSA) is 97.5 Å². The first-order chi connectivity index (χ1) is 6.82. The minimum atomic E-state index is -3.07. The Balaban J connectivity index is 2.68. The van der Waals surface area contributed by atoms with E-state index in [-0.39, 0.29) is 5.92 Å². The highest BCUT2D eigenvalue weighted by atomic mass is 32.2. The van der Waals surface area contributed by atoms with E-state index in [1.165, 1.54) is 6.26 Å². The lowest BCUT2D eigenvalue weighted by molar-refractivity contribution is -0.140. The summed E-state index contributed by atoms with van der Waals surface area (Å²) in [7, 11) is -3.07. The molecule has 3 atom stereocenters. The summed E-state index contributed by atoms with van der Waals surface area (Å²) in [6.45, 7) is 0. The van der Waals surface area contributed by atoms with Gasteiger partial charge in [0.05, 0.1) is 5.25 Å². The fourth-order valence-corrected chi connectivity index (χ4v) is 3.29. The molecule has 3 N–H and O–H groups in total. The summed E-state index contributed by atoms with van der Waals surface area (Å²) >= 11 is 0. The van der Waals surface area contributed by atoms with E-state index in [0.717, 1.165) is 6.42 Å². The first-order valence-electron chi connectivity index (χ1n) is 4.99. The van der Waals surface area contributed by atoms with Crippen LogP contribution in [0, 0.1) is 5.92 Å². The van der Waals surface area contributed by atoms with E-state index in [1.54, 1.807) is 0 Å². The van der Waals surface area contributed by atoms with Crippen LogP contribution in [-0.2, 0) is 14.6 Å². The van der Waals surface area contributed by atoms with Gasteiger partial charge in [0, 0.05) is 6.26 Å². The molecule has 0 spiro atoms. The Labute approximate surface area is 89.6 Å². The summed E-state index contributed by atoms with van der Waals surface area (Å²) in [6.07, 6.45) is 3.66. The number of hydrogen-bond donors (Lipinski definition) is 2. The van der Waals surface area contributed by atoms with E-state index in [1.807, 2.05) is 0 Å². The lowest BCUT2D eigenvalue weighted by Gasteiger charge is -2.29. The van der Waals surface area contributed by atoms with E-state index in [9.17, 15) is 13.2 Å². The summed E-state index contributed by atoms with van der Waals surface area (Å²) in [4.78, 5) is 10.7. The Morgan fingerprint density at radius 1 is 1.47 bits per heavy atom. The molecule has 1 saturated carbocycles. The molecule has 0 bridgehead atoms. The summed E-state index contributed by atoms with van der Waals surface area (Å²) in [5.41, 5.74) is 5.50. The van der Waals surface area contributed by atoms with Crippen LogP contribution in [0.3, 0.4) is 0 Å². The Bertz CT molecular complexity index is 338. The number of rotatable bonds is 3. The Hall–Kier alpha value is -0.620. The van der Waals surface area contributed by atoms with Crippen molar-refractivity contribution in [2.45, 2.75) is 37.0 Å². The highest BCUT2D eigenvalue weighted by molar-refractivity contribution is 7.91. The van der Waals surface area contributed by atoms with Crippen LogP contribution < -0.4 is 5.73 Å². The van der Waals surface area contributed by atoms with Crippen LogP contribution in [0.1, 0.15) is 25.7 Å². The number of carbonyl (C=O) groups is 1. The van der Waals surface area contributed by atoms with Crippen LogP contribution in [-0.4, -0.2) is 37.0 Å². The van der Waals surface area contributed by atoms with Gasteiger partial charge in [-0.2, -0.15) is 0 Å². The molecule has 1 aliphatic rings. The van der Waals surface area contributed by atoms with Crippen molar-refractivity contribution in [2.75, 3.05) is 6.26 Å². The number of carboxylic acids is 1. The van der Waals surface area contributed by atoms with Crippen molar-refractivity contribution in [1.82, 2.24) is 0 Å². The smallest absolute Gasteiger partial charge is 0.320 e. The fraction of sp³-hybridized carbons (Fsp3) is 0.889. The van der Waals surface area contributed by atoms with Crippen molar-refractivity contribution in [2.24, 2.45) is 11.7 Å². The molecule has 15 heavy (non-hydrogen) atoms. The van der Waals surface area contributed by atoms with Crippen molar-refractivity contribution in [1.29, 1.82) is 0 Å². The predicted octanol–water partition coefficient (Wildman–Crippen LogP) is 0.00170. The SMILES string of the molecule is CS(=O)(=O)C1CCCC([C@H](N)C(=O)O)C1. The van der Waals surface area contributed by atoms with Crippen molar-refractivity contribution in [3.63, 3.8) is 0 Å². The minimum Gasteiger partial charge on any atom is -0.480 e. The molecular formula is C9H17NO4S. The summed E-state index contributed by atoms with van der Waals surface area (Å²) in [6, 6.07) is -0.936. The van der Waals surface area contributed by atoms with Crippen LogP contribution in [0.2, 0.25) is 0 Å². The van der Waals surface area contributed by atoms with E-state index in [2.05, 4.69) is 0 Å². The molecule has 0 saturated heterocycles. The maximum absolute atomic E-state index is 11.3. The van der Waals surface area contributed by atoms with Gasteiger partial charge in [-0.15, -0.1) is 0 Å². The predicted molar refractivity (Wildman–Crippen MR) is 56.2 cm³/mol. The summed E-state index contributed by atoms with van der Waals surface area (Å²) in [5, 5.41) is 8.33. The van der Waals surface area contributed by atoms with Crippen LogP contribution in [0.15, 0.2) is 0 Å². The molecule has 1 rings (SSSR count). The van der Waals surface area contributed by atoms with Crippen molar-refractivity contribution in [3.05, 3.63) is 0 Å². The summed E-state index contributed by atoms with van der Waals surface area (Å²) in [5.74, 6) is -1.26. The molecule has 2 unspecified atom stereocenters. The van der Waals surface area contributed by atoms with Gasteiger partial charge in [-0.1, -0.05) is 6.42 Å². The van der Waals surface area contributed by atoms with Gasteiger partial charge in [-0.3, -0.25) is 4.79 Å². The van der Waals surface area contributed by atoms with Gasteiger partial charge in [0.15, 0.2) is 0 Å². The third-order valence-corrected chi connectivity index (χ3v) is 4.70. The third kappa shape index (κ3) is 3.17.